The highest BCUT2D eigenvalue weighted by Crippen LogP contribution is 2.33. The molecular formula is C17H15BrO5S. The summed E-state index contributed by atoms with van der Waals surface area (Å²) in [5.41, 5.74) is 0.974. The van der Waals surface area contributed by atoms with Crippen molar-refractivity contribution in [1.82, 2.24) is 0 Å². The third-order valence-electron chi connectivity index (χ3n) is 3.28. The molecule has 0 heterocycles. The first-order valence-electron chi connectivity index (χ1n) is 6.81. The first kappa shape index (κ1) is 18.2. The summed E-state index contributed by atoms with van der Waals surface area (Å²) in [6.45, 7) is 0. The monoisotopic (exact) mass is 410 g/mol. The maximum absolute atomic E-state index is 12.2. The molecular weight excluding hydrogens is 396 g/mol. The van der Waals surface area contributed by atoms with E-state index in [2.05, 4.69) is 15.9 Å². The Morgan fingerprint density at radius 3 is 2.38 bits per heavy atom. The molecule has 24 heavy (non-hydrogen) atoms. The second-order valence-electron chi connectivity index (χ2n) is 5.04. The van der Waals surface area contributed by atoms with E-state index in [1.165, 1.54) is 43.5 Å². The van der Waals surface area contributed by atoms with Crippen molar-refractivity contribution in [3.8, 4) is 11.5 Å². The molecule has 5 nitrogen and oxygen atoms in total. The number of phenols is 1. The van der Waals surface area contributed by atoms with Crippen molar-refractivity contribution in [2.75, 3.05) is 13.4 Å². The van der Waals surface area contributed by atoms with Crippen LogP contribution in [0.5, 0.6) is 11.5 Å². The van der Waals surface area contributed by atoms with Gasteiger partial charge in [-0.15, -0.1) is 0 Å². The van der Waals surface area contributed by atoms with Gasteiger partial charge in [-0.2, -0.15) is 0 Å². The van der Waals surface area contributed by atoms with Gasteiger partial charge in [0.2, 0.25) is 0 Å². The second kappa shape index (κ2) is 7.19. The number of carbonyl (C=O) groups is 1. The number of sulfone groups is 1. The lowest BCUT2D eigenvalue weighted by Gasteiger charge is -2.06. The quantitative estimate of drug-likeness (QED) is 0.602. The van der Waals surface area contributed by atoms with Crippen molar-refractivity contribution < 1.29 is 23.1 Å². The maximum Gasteiger partial charge on any atom is 0.185 e. The molecule has 0 aliphatic carbocycles. The van der Waals surface area contributed by atoms with E-state index >= 15 is 0 Å². The number of benzene rings is 2. The highest BCUT2D eigenvalue weighted by Gasteiger charge is 2.09. The van der Waals surface area contributed by atoms with Crippen molar-refractivity contribution in [3.05, 3.63) is 58.1 Å². The number of hydrogen-bond acceptors (Lipinski definition) is 5. The molecule has 0 fully saturated rings. The van der Waals surface area contributed by atoms with E-state index in [4.69, 9.17) is 4.74 Å². The van der Waals surface area contributed by atoms with E-state index in [1.807, 2.05) is 0 Å². The Morgan fingerprint density at radius 2 is 1.83 bits per heavy atom. The molecule has 0 radical (unpaired) electrons. The van der Waals surface area contributed by atoms with E-state index in [1.54, 1.807) is 12.1 Å². The zero-order valence-corrected chi connectivity index (χ0v) is 15.4. The summed E-state index contributed by atoms with van der Waals surface area (Å²) >= 11 is 3.34. The fourth-order valence-electron chi connectivity index (χ4n) is 1.98. The lowest BCUT2D eigenvalue weighted by atomic mass is 10.1. The molecule has 0 saturated heterocycles. The summed E-state index contributed by atoms with van der Waals surface area (Å²) in [5.74, 6) is 0.00396. The molecule has 0 saturated carbocycles. The van der Waals surface area contributed by atoms with Crippen molar-refractivity contribution in [2.24, 2.45) is 0 Å². The van der Waals surface area contributed by atoms with Crippen LogP contribution in [0, 0.1) is 0 Å². The average molecular weight is 411 g/mol. The van der Waals surface area contributed by atoms with Crippen LogP contribution in [0.15, 0.2) is 51.8 Å². The number of hydrogen-bond donors (Lipinski definition) is 1. The molecule has 0 amide bonds. The van der Waals surface area contributed by atoms with Crippen LogP contribution < -0.4 is 4.74 Å². The Kier molecular flexibility index (Phi) is 5.46. The highest BCUT2D eigenvalue weighted by molar-refractivity contribution is 9.10. The van der Waals surface area contributed by atoms with E-state index in [0.29, 0.717) is 21.3 Å². The number of methoxy groups -OCH3 is 1. The van der Waals surface area contributed by atoms with Gasteiger partial charge in [0.25, 0.3) is 0 Å². The molecule has 7 heteroatoms. The van der Waals surface area contributed by atoms with Gasteiger partial charge in [-0.3, -0.25) is 4.79 Å². The fourth-order valence-corrected chi connectivity index (χ4v) is 3.06. The number of halogens is 1. The van der Waals surface area contributed by atoms with Crippen molar-refractivity contribution in [1.29, 1.82) is 0 Å². The lowest BCUT2D eigenvalue weighted by molar-refractivity contribution is 0.104. The molecule has 126 valence electrons. The average Bonchev–Trinajstić information content (AvgIpc) is 2.54. The number of ketones is 1. The summed E-state index contributed by atoms with van der Waals surface area (Å²) in [4.78, 5) is 12.3. The number of carbonyl (C=O) groups excluding carboxylic acids is 1. The number of ether oxygens (including phenoxy) is 1. The van der Waals surface area contributed by atoms with Crippen molar-refractivity contribution >= 4 is 37.6 Å². The zero-order valence-electron chi connectivity index (χ0n) is 13.0. The summed E-state index contributed by atoms with van der Waals surface area (Å²) in [6.07, 6.45) is 4.01. The molecule has 0 bridgehead atoms. The van der Waals surface area contributed by atoms with Gasteiger partial charge in [0.15, 0.2) is 27.1 Å². The summed E-state index contributed by atoms with van der Waals surface area (Å²) in [7, 11) is -1.85. The van der Waals surface area contributed by atoms with Gasteiger partial charge >= 0.3 is 0 Å². The minimum atomic E-state index is -3.29. The van der Waals surface area contributed by atoms with E-state index < -0.39 is 9.84 Å². The molecule has 0 atom stereocenters. The number of allylic oxidation sites excluding steroid dienone is 1. The lowest BCUT2D eigenvalue weighted by Crippen LogP contribution is -1.99. The zero-order chi connectivity index (χ0) is 17.9. The smallest absolute Gasteiger partial charge is 0.185 e. The Balaban J connectivity index is 2.23. The molecule has 2 aromatic carbocycles. The third-order valence-corrected chi connectivity index (χ3v) is 5.09. The van der Waals surface area contributed by atoms with Crippen LogP contribution in [-0.4, -0.2) is 32.7 Å². The van der Waals surface area contributed by atoms with Gasteiger partial charge in [0, 0.05) is 16.3 Å². The standard InChI is InChI=1S/C17H15BrO5S/c1-23-17-10-14(18)12(9-16(17)20)5-8-15(19)11-3-6-13(7-4-11)24(2,21)22/h3-10,20H,1-2H3/b8-5+. The number of aromatic hydroxyl groups is 1. The predicted octanol–water partition coefficient (Wildman–Crippen LogP) is 3.46. The van der Waals surface area contributed by atoms with Gasteiger partial charge in [-0.05, 0) is 54.1 Å². The van der Waals surface area contributed by atoms with Crippen molar-refractivity contribution in [3.63, 3.8) is 0 Å². The Labute approximate surface area is 148 Å². The van der Waals surface area contributed by atoms with Crippen LogP contribution in [0.25, 0.3) is 6.08 Å². The van der Waals surface area contributed by atoms with Crippen LogP contribution in [-0.2, 0) is 9.84 Å². The van der Waals surface area contributed by atoms with Crippen LogP contribution >= 0.6 is 15.9 Å². The minimum Gasteiger partial charge on any atom is -0.504 e. The third kappa shape index (κ3) is 4.24. The number of rotatable bonds is 5. The summed E-state index contributed by atoms with van der Waals surface area (Å²) in [5, 5.41) is 9.78. The molecule has 0 aliphatic heterocycles. The first-order valence-corrected chi connectivity index (χ1v) is 9.50. The topological polar surface area (TPSA) is 80.7 Å². The van der Waals surface area contributed by atoms with E-state index in [-0.39, 0.29) is 16.4 Å². The maximum atomic E-state index is 12.2. The van der Waals surface area contributed by atoms with Crippen LogP contribution in [0.3, 0.4) is 0 Å². The van der Waals surface area contributed by atoms with Gasteiger partial charge in [0.05, 0.1) is 12.0 Å². The molecule has 2 rings (SSSR count). The van der Waals surface area contributed by atoms with Gasteiger partial charge in [-0.1, -0.05) is 15.9 Å². The van der Waals surface area contributed by atoms with Gasteiger partial charge < -0.3 is 9.84 Å². The fraction of sp³-hybridized carbons (Fsp3) is 0.118. The molecule has 0 aromatic heterocycles. The Hall–Kier alpha value is -2.12. The van der Waals surface area contributed by atoms with Gasteiger partial charge in [-0.25, -0.2) is 8.42 Å². The largest absolute Gasteiger partial charge is 0.504 e. The Bertz CT molecular complexity index is 899. The van der Waals surface area contributed by atoms with E-state index in [0.717, 1.165) is 6.26 Å². The normalized spacial score (nSPS) is 11.6. The van der Waals surface area contributed by atoms with Crippen LogP contribution in [0.1, 0.15) is 15.9 Å². The molecule has 2 aromatic rings. The van der Waals surface area contributed by atoms with E-state index in [9.17, 15) is 18.3 Å². The molecule has 0 spiro atoms. The van der Waals surface area contributed by atoms with Crippen molar-refractivity contribution in [2.45, 2.75) is 4.90 Å². The van der Waals surface area contributed by atoms with Crippen LogP contribution in [0.4, 0.5) is 0 Å². The predicted molar refractivity (Wildman–Crippen MR) is 95.3 cm³/mol. The molecule has 0 aliphatic rings. The summed E-state index contributed by atoms with van der Waals surface area (Å²) < 4.78 is 28.5. The van der Waals surface area contributed by atoms with Gasteiger partial charge in [0.1, 0.15) is 0 Å². The molecule has 1 N–H and O–H groups in total. The van der Waals surface area contributed by atoms with Crippen LogP contribution in [0.2, 0.25) is 0 Å². The summed E-state index contributed by atoms with van der Waals surface area (Å²) in [6, 6.07) is 8.78. The minimum absolute atomic E-state index is 0.0368. The Morgan fingerprint density at radius 1 is 1.21 bits per heavy atom. The molecule has 0 unspecified atom stereocenters. The SMILES string of the molecule is COc1cc(Br)c(/C=C/C(=O)c2ccc(S(C)(=O)=O)cc2)cc1O. The second-order valence-corrected chi connectivity index (χ2v) is 7.91. The number of phenolic OH excluding ortho intramolecular Hbond substituents is 1. The first-order chi connectivity index (χ1) is 11.2. The highest BCUT2D eigenvalue weighted by atomic mass is 79.9.